The van der Waals surface area contributed by atoms with Gasteiger partial charge in [-0.25, -0.2) is 19.4 Å². The monoisotopic (exact) mass is 435 g/mol. The fourth-order valence-corrected chi connectivity index (χ4v) is 2.63. The second-order valence-electron chi connectivity index (χ2n) is 7.37. The number of thiazole rings is 1. The maximum atomic E-state index is 11.8. The summed E-state index contributed by atoms with van der Waals surface area (Å²) in [5.41, 5.74) is -2.31. The van der Waals surface area contributed by atoms with Gasteiger partial charge in [-0.3, -0.25) is 5.32 Å². The molecule has 1 amide bonds. The van der Waals surface area contributed by atoms with Crippen LogP contribution in [0.25, 0.3) is 0 Å². The molecule has 0 aliphatic heterocycles. The first-order valence-corrected chi connectivity index (χ1v) is 9.19. The van der Waals surface area contributed by atoms with Crippen LogP contribution in [0.3, 0.4) is 0 Å². The molecule has 1 aromatic rings. The molecule has 0 aliphatic carbocycles. The molecule has 0 radical (unpaired) electrons. The number of nitrogens with zero attached hydrogens (tertiary/aromatic N) is 2. The van der Waals surface area contributed by atoms with Crippen molar-refractivity contribution in [2.45, 2.75) is 52.7 Å². The van der Waals surface area contributed by atoms with E-state index >= 15 is 0 Å². The highest BCUT2D eigenvalue weighted by molar-refractivity contribution is 7.20. The van der Waals surface area contributed by atoms with E-state index in [2.05, 4.69) is 15.5 Å². The summed E-state index contributed by atoms with van der Waals surface area (Å²) in [7, 11) is 0. The first kappa shape index (κ1) is 23.6. The van der Waals surface area contributed by atoms with E-state index in [0.29, 0.717) is 0 Å². The summed E-state index contributed by atoms with van der Waals surface area (Å²) in [4.78, 5) is 43.5. The smallest absolute Gasteiger partial charge is 0.413 e. The maximum Gasteiger partial charge on any atom is 0.413 e. The SMILES string of the molecule is CC(C)(C)OC(=O)CO/N=C(\C(=O)O)c1nc(NC(=O)OC(C)(C)C)sc1Cl. The van der Waals surface area contributed by atoms with Gasteiger partial charge in [-0.15, -0.1) is 0 Å². The standard InChI is InChI=1S/C16H22ClN3O7S/c1-15(2,3)26-8(21)7-25-20-10(12(22)23)9-11(17)28-13(18-9)19-14(24)27-16(4,5)6/h7H2,1-6H3,(H,22,23)(H,18,19,24)/b20-10-. The fourth-order valence-electron chi connectivity index (χ4n) is 1.60. The van der Waals surface area contributed by atoms with E-state index in [9.17, 15) is 19.5 Å². The Labute approximate surface area is 170 Å². The Morgan fingerprint density at radius 1 is 1.14 bits per heavy atom. The number of amides is 1. The van der Waals surface area contributed by atoms with Crippen molar-refractivity contribution in [2.75, 3.05) is 11.9 Å². The van der Waals surface area contributed by atoms with Crippen molar-refractivity contribution < 1.29 is 33.8 Å². The number of halogens is 1. The van der Waals surface area contributed by atoms with Crippen molar-refractivity contribution in [1.82, 2.24) is 4.98 Å². The number of carboxylic acid groups (broad SMARTS) is 1. The largest absolute Gasteiger partial charge is 0.476 e. The molecule has 1 aromatic heterocycles. The molecule has 0 bridgehead atoms. The van der Waals surface area contributed by atoms with E-state index in [4.69, 9.17) is 25.9 Å². The summed E-state index contributed by atoms with van der Waals surface area (Å²) >= 11 is 6.81. The highest BCUT2D eigenvalue weighted by Crippen LogP contribution is 2.29. The number of aromatic nitrogens is 1. The average Bonchev–Trinajstić information content (AvgIpc) is 2.79. The molecular weight excluding hydrogens is 414 g/mol. The van der Waals surface area contributed by atoms with Crippen LogP contribution in [0.4, 0.5) is 9.93 Å². The van der Waals surface area contributed by atoms with Gasteiger partial charge >= 0.3 is 18.0 Å². The molecule has 0 saturated carbocycles. The number of aliphatic carboxylic acids is 1. The molecule has 2 N–H and O–H groups in total. The van der Waals surface area contributed by atoms with Crippen molar-refractivity contribution >= 4 is 51.8 Å². The van der Waals surface area contributed by atoms with Crippen LogP contribution < -0.4 is 5.32 Å². The third-order valence-electron chi connectivity index (χ3n) is 2.38. The van der Waals surface area contributed by atoms with Gasteiger partial charge in [-0.05, 0) is 41.5 Å². The van der Waals surface area contributed by atoms with E-state index in [1.807, 2.05) is 0 Å². The maximum absolute atomic E-state index is 11.8. The van der Waals surface area contributed by atoms with E-state index < -0.39 is 41.6 Å². The molecule has 0 aromatic carbocycles. The topological polar surface area (TPSA) is 136 Å². The molecule has 156 valence electrons. The third kappa shape index (κ3) is 8.53. The number of nitrogens with one attached hydrogen (secondary N) is 1. The van der Waals surface area contributed by atoms with Gasteiger partial charge in [-0.1, -0.05) is 28.1 Å². The molecule has 1 heterocycles. The zero-order chi connectivity index (χ0) is 21.7. The first-order valence-electron chi connectivity index (χ1n) is 8.00. The lowest BCUT2D eigenvalue weighted by molar-refractivity contribution is -0.160. The van der Waals surface area contributed by atoms with Crippen LogP contribution in [0.5, 0.6) is 0 Å². The summed E-state index contributed by atoms with van der Waals surface area (Å²) < 4.78 is 10.0. The second kappa shape index (κ2) is 9.20. The van der Waals surface area contributed by atoms with Crippen molar-refractivity contribution in [3.8, 4) is 0 Å². The number of ether oxygens (including phenoxy) is 2. The molecule has 0 spiro atoms. The van der Waals surface area contributed by atoms with Gasteiger partial charge < -0.3 is 19.4 Å². The van der Waals surface area contributed by atoms with E-state index in [0.717, 1.165) is 11.3 Å². The van der Waals surface area contributed by atoms with Gasteiger partial charge in [0, 0.05) is 0 Å². The van der Waals surface area contributed by atoms with Crippen molar-refractivity contribution in [3.63, 3.8) is 0 Å². The Hall–Kier alpha value is -2.40. The van der Waals surface area contributed by atoms with Crippen molar-refractivity contribution in [1.29, 1.82) is 0 Å². The van der Waals surface area contributed by atoms with Crippen LogP contribution in [-0.2, 0) is 23.9 Å². The minimum Gasteiger partial charge on any atom is -0.476 e. The van der Waals surface area contributed by atoms with Crippen molar-refractivity contribution in [2.24, 2.45) is 5.16 Å². The van der Waals surface area contributed by atoms with Crippen LogP contribution in [0.15, 0.2) is 5.16 Å². The normalized spacial score (nSPS) is 12.3. The number of carbonyl (C=O) groups excluding carboxylic acids is 2. The molecule has 28 heavy (non-hydrogen) atoms. The zero-order valence-corrected chi connectivity index (χ0v) is 17.9. The van der Waals surface area contributed by atoms with Crippen LogP contribution in [0.2, 0.25) is 4.34 Å². The quantitative estimate of drug-likeness (QED) is 0.394. The lowest BCUT2D eigenvalue weighted by Gasteiger charge is -2.18. The summed E-state index contributed by atoms with van der Waals surface area (Å²) in [5, 5.41) is 15.1. The Morgan fingerprint density at radius 2 is 1.71 bits per heavy atom. The average molecular weight is 436 g/mol. The number of hydrogen-bond acceptors (Lipinski definition) is 9. The number of esters is 1. The Balaban J connectivity index is 2.89. The van der Waals surface area contributed by atoms with Crippen LogP contribution in [0, 0.1) is 0 Å². The number of anilines is 1. The molecule has 0 saturated heterocycles. The Morgan fingerprint density at radius 3 is 2.21 bits per heavy atom. The highest BCUT2D eigenvalue weighted by atomic mass is 35.5. The molecule has 12 heteroatoms. The number of carboxylic acids is 1. The van der Waals surface area contributed by atoms with Crippen LogP contribution in [0.1, 0.15) is 47.2 Å². The molecule has 0 fully saturated rings. The molecule has 10 nitrogen and oxygen atoms in total. The minimum atomic E-state index is -1.49. The summed E-state index contributed by atoms with van der Waals surface area (Å²) in [6.07, 6.45) is -0.778. The van der Waals surface area contributed by atoms with Gasteiger partial charge in [0.25, 0.3) is 0 Å². The number of carbonyl (C=O) groups is 3. The Kier molecular flexibility index (Phi) is 7.76. The molecule has 0 unspecified atom stereocenters. The Bertz CT molecular complexity index is 778. The fraction of sp³-hybridized carbons (Fsp3) is 0.562. The lowest BCUT2D eigenvalue weighted by Crippen LogP contribution is -2.27. The first-order chi connectivity index (χ1) is 12.7. The zero-order valence-electron chi connectivity index (χ0n) is 16.3. The van der Waals surface area contributed by atoms with Gasteiger partial charge in [0.2, 0.25) is 12.3 Å². The minimum absolute atomic E-state index is 0.00958. The summed E-state index contributed by atoms with van der Waals surface area (Å²) in [5.74, 6) is -2.21. The van der Waals surface area contributed by atoms with Gasteiger partial charge in [0.1, 0.15) is 21.2 Å². The van der Waals surface area contributed by atoms with E-state index in [-0.39, 0.29) is 15.2 Å². The molecule has 1 rings (SSSR count). The van der Waals surface area contributed by atoms with Gasteiger partial charge in [0.15, 0.2) is 5.13 Å². The summed E-state index contributed by atoms with van der Waals surface area (Å²) in [6, 6.07) is 0. The number of hydrogen-bond donors (Lipinski definition) is 2. The molecule has 0 atom stereocenters. The van der Waals surface area contributed by atoms with Crippen LogP contribution >= 0.6 is 22.9 Å². The van der Waals surface area contributed by atoms with E-state index in [1.54, 1.807) is 41.5 Å². The van der Waals surface area contributed by atoms with Gasteiger partial charge in [0.05, 0.1) is 0 Å². The number of rotatable bonds is 6. The third-order valence-corrected chi connectivity index (χ3v) is 3.55. The molecular formula is C16H22ClN3O7S. The van der Waals surface area contributed by atoms with Crippen LogP contribution in [-0.4, -0.2) is 51.6 Å². The highest BCUT2D eigenvalue weighted by Gasteiger charge is 2.25. The number of oxime groups is 1. The van der Waals surface area contributed by atoms with E-state index in [1.165, 1.54) is 0 Å². The second-order valence-corrected chi connectivity index (χ2v) is 8.97. The van der Waals surface area contributed by atoms with Gasteiger partial charge in [-0.2, -0.15) is 0 Å². The predicted molar refractivity (Wildman–Crippen MR) is 103 cm³/mol. The lowest BCUT2D eigenvalue weighted by atomic mass is 10.2. The summed E-state index contributed by atoms with van der Waals surface area (Å²) in [6.45, 7) is 9.47. The molecule has 0 aliphatic rings. The van der Waals surface area contributed by atoms with Crippen molar-refractivity contribution in [3.05, 3.63) is 10.0 Å². The predicted octanol–water partition coefficient (Wildman–Crippen LogP) is 3.29.